The summed E-state index contributed by atoms with van der Waals surface area (Å²) in [6, 6.07) is 5.73. The zero-order chi connectivity index (χ0) is 16.3. The van der Waals surface area contributed by atoms with E-state index in [4.69, 9.17) is 9.47 Å². The van der Waals surface area contributed by atoms with Crippen LogP contribution < -0.4 is 10.1 Å². The minimum absolute atomic E-state index is 0.190. The Morgan fingerprint density at radius 2 is 2.18 bits per heavy atom. The maximum absolute atomic E-state index is 12.3. The van der Waals surface area contributed by atoms with E-state index in [1.54, 1.807) is 0 Å². The molecule has 1 aliphatic heterocycles. The molecule has 120 valence electrons. The lowest BCUT2D eigenvalue weighted by atomic mass is 10.0. The third-order valence-electron chi connectivity index (χ3n) is 3.18. The van der Waals surface area contributed by atoms with E-state index in [0.717, 1.165) is 17.0 Å². The van der Waals surface area contributed by atoms with Gasteiger partial charge in [-0.3, -0.25) is 4.79 Å². The summed E-state index contributed by atoms with van der Waals surface area (Å²) in [7, 11) is 0. The van der Waals surface area contributed by atoms with Gasteiger partial charge in [0.2, 0.25) is 0 Å². The number of carbonyl (C=O) groups is 1. The summed E-state index contributed by atoms with van der Waals surface area (Å²) in [5, 5.41) is 3.05. The second kappa shape index (κ2) is 6.73. The number of fused-ring (bicyclic) bond motifs is 1. The van der Waals surface area contributed by atoms with Crippen molar-refractivity contribution in [1.82, 2.24) is 0 Å². The van der Waals surface area contributed by atoms with Gasteiger partial charge in [0.15, 0.2) is 5.01 Å². The second-order valence-electron chi connectivity index (χ2n) is 6.21. The van der Waals surface area contributed by atoms with Crippen molar-refractivity contribution in [1.29, 1.82) is 0 Å². The highest BCUT2D eigenvalue weighted by molar-refractivity contribution is 9.09. The summed E-state index contributed by atoms with van der Waals surface area (Å²) in [6.45, 7) is 8.11. The van der Waals surface area contributed by atoms with Gasteiger partial charge < -0.3 is 14.8 Å². The van der Waals surface area contributed by atoms with Crippen LogP contribution in [0.15, 0.2) is 30.4 Å². The first kappa shape index (κ1) is 16.9. The Labute approximate surface area is 140 Å². The van der Waals surface area contributed by atoms with Gasteiger partial charge in [-0.25, -0.2) is 0 Å². The van der Waals surface area contributed by atoms with E-state index in [-0.39, 0.29) is 16.9 Å². The van der Waals surface area contributed by atoms with E-state index in [9.17, 15) is 4.79 Å². The third-order valence-corrected chi connectivity index (χ3v) is 3.67. The number of esters is 1. The first-order valence-corrected chi connectivity index (χ1v) is 8.26. The lowest BCUT2D eigenvalue weighted by Gasteiger charge is -2.22. The molecule has 1 aromatic carbocycles. The third kappa shape index (κ3) is 4.26. The molecule has 4 nitrogen and oxygen atoms in total. The molecule has 0 fully saturated rings. The van der Waals surface area contributed by atoms with Crippen LogP contribution >= 0.6 is 15.9 Å². The Hall–Kier alpha value is -1.49. The van der Waals surface area contributed by atoms with Crippen molar-refractivity contribution in [2.45, 2.75) is 44.2 Å². The molecule has 2 atom stereocenters. The largest absolute Gasteiger partial charge is 0.475 e. The number of allylic oxidation sites excluding steroid dienone is 1. The molecule has 0 aliphatic carbocycles. The van der Waals surface area contributed by atoms with Crippen molar-refractivity contribution >= 4 is 27.6 Å². The zero-order valence-corrected chi connectivity index (χ0v) is 14.9. The first-order valence-electron chi connectivity index (χ1n) is 7.34. The van der Waals surface area contributed by atoms with Crippen molar-refractivity contribution in [3.8, 4) is 5.75 Å². The van der Waals surface area contributed by atoms with E-state index in [0.29, 0.717) is 6.54 Å². The maximum atomic E-state index is 12.3. The molecule has 1 aromatic rings. The molecule has 5 heteroatoms. The smallest absolute Gasteiger partial charge is 0.315 e. The first-order chi connectivity index (χ1) is 10.3. The molecular weight excluding hydrogens is 346 g/mol. The van der Waals surface area contributed by atoms with Crippen molar-refractivity contribution in [2.75, 3.05) is 11.9 Å². The molecule has 0 spiro atoms. The SMILES string of the molecule is CC=CC(Br)Oc1ccc2c(c1)C(C(=O)OC(C)(C)C)CN2. The zero-order valence-electron chi connectivity index (χ0n) is 13.4. The molecule has 0 amide bonds. The molecule has 0 radical (unpaired) electrons. The molecule has 2 rings (SSSR count). The number of ether oxygens (including phenoxy) is 2. The van der Waals surface area contributed by atoms with Gasteiger partial charge in [-0.2, -0.15) is 0 Å². The predicted octanol–water partition coefficient (Wildman–Crippen LogP) is 4.21. The van der Waals surface area contributed by atoms with Crippen LogP contribution in [0.5, 0.6) is 5.75 Å². The normalized spacial score (nSPS) is 18.7. The minimum Gasteiger partial charge on any atom is -0.475 e. The average molecular weight is 368 g/mol. The summed E-state index contributed by atoms with van der Waals surface area (Å²) in [5.41, 5.74) is 1.40. The van der Waals surface area contributed by atoms with Crippen LogP contribution in [0.4, 0.5) is 5.69 Å². The number of alkyl halides is 1. The summed E-state index contributed by atoms with van der Waals surface area (Å²) >= 11 is 3.42. The highest BCUT2D eigenvalue weighted by atomic mass is 79.9. The lowest BCUT2D eigenvalue weighted by molar-refractivity contribution is -0.156. The van der Waals surface area contributed by atoms with Crippen LogP contribution in [0.3, 0.4) is 0 Å². The molecule has 1 aliphatic rings. The fourth-order valence-corrected chi connectivity index (χ4v) is 2.81. The van der Waals surface area contributed by atoms with E-state index in [1.165, 1.54) is 0 Å². The molecule has 0 saturated carbocycles. The summed E-state index contributed by atoms with van der Waals surface area (Å²) in [6.07, 6.45) is 3.81. The van der Waals surface area contributed by atoms with Crippen LogP contribution in [-0.2, 0) is 9.53 Å². The van der Waals surface area contributed by atoms with E-state index >= 15 is 0 Å². The van der Waals surface area contributed by atoms with Gasteiger partial charge in [-0.05, 0) is 73.5 Å². The number of rotatable bonds is 4. The number of carbonyl (C=O) groups excluding carboxylic acids is 1. The molecule has 1 heterocycles. The Morgan fingerprint density at radius 1 is 1.45 bits per heavy atom. The summed E-state index contributed by atoms with van der Waals surface area (Å²) in [4.78, 5) is 12.3. The standard InChI is InChI=1S/C17H22BrNO3/c1-5-6-15(18)21-11-7-8-14-12(9-11)13(10-19-14)16(20)22-17(2,3)4/h5-9,13,15,19H,10H2,1-4H3. The molecule has 2 unspecified atom stereocenters. The second-order valence-corrected chi connectivity index (χ2v) is 7.11. The Balaban J connectivity index is 2.17. The highest BCUT2D eigenvalue weighted by Crippen LogP contribution is 2.36. The van der Waals surface area contributed by atoms with Crippen LogP contribution in [0.25, 0.3) is 0 Å². The van der Waals surface area contributed by atoms with Crippen molar-refractivity contribution in [3.63, 3.8) is 0 Å². The molecule has 0 saturated heterocycles. The highest BCUT2D eigenvalue weighted by Gasteiger charge is 2.32. The maximum Gasteiger partial charge on any atom is 0.315 e. The number of anilines is 1. The Kier molecular flexibility index (Phi) is 5.16. The van der Waals surface area contributed by atoms with Gasteiger partial charge in [0, 0.05) is 12.2 Å². The summed E-state index contributed by atoms with van der Waals surface area (Å²) < 4.78 is 11.3. The van der Waals surface area contributed by atoms with E-state index in [2.05, 4.69) is 21.2 Å². The predicted molar refractivity (Wildman–Crippen MR) is 91.7 cm³/mol. The fraction of sp³-hybridized carbons (Fsp3) is 0.471. The number of halogens is 1. The molecule has 22 heavy (non-hydrogen) atoms. The van der Waals surface area contributed by atoms with E-state index in [1.807, 2.05) is 58.0 Å². The molecule has 0 aromatic heterocycles. The van der Waals surface area contributed by atoms with Crippen LogP contribution in [0, 0.1) is 0 Å². The molecule has 0 bridgehead atoms. The quantitative estimate of drug-likeness (QED) is 0.491. The average Bonchev–Trinajstić information content (AvgIpc) is 2.80. The van der Waals surface area contributed by atoms with Gasteiger partial charge in [-0.1, -0.05) is 6.08 Å². The number of benzene rings is 1. The fourth-order valence-electron chi connectivity index (χ4n) is 2.29. The van der Waals surface area contributed by atoms with Crippen LogP contribution in [-0.4, -0.2) is 23.1 Å². The van der Waals surface area contributed by atoms with Crippen LogP contribution in [0.2, 0.25) is 0 Å². The van der Waals surface area contributed by atoms with Crippen molar-refractivity contribution in [3.05, 3.63) is 35.9 Å². The Morgan fingerprint density at radius 3 is 2.82 bits per heavy atom. The van der Waals surface area contributed by atoms with E-state index < -0.39 is 5.60 Å². The molecule has 1 N–H and O–H groups in total. The summed E-state index contributed by atoms with van der Waals surface area (Å²) in [5.74, 6) is 0.212. The molecular formula is C17H22BrNO3. The number of hydrogen-bond donors (Lipinski definition) is 1. The lowest BCUT2D eigenvalue weighted by Crippen LogP contribution is -2.28. The van der Waals surface area contributed by atoms with Gasteiger partial charge in [0.25, 0.3) is 0 Å². The van der Waals surface area contributed by atoms with Gasteiger partial charge >= 0.3 is 5.97 Å². The van der Waals surface area contributed by atoms with Crippen molar-refractivity contribution in [2.24, 2.45) is 0 Å². The monoisotopic (exact) mass is 367 g/mol. The number of hydrogen-bond acceptors (Lipinski definition) is 4. The van der Waals surface area contributed by atoms with Crippen molar-refractivity contribution < 1.29 is 14.3 Å². The van der Waals surface area contributed by atoms with Gasteiger partial charge in [0.1, 0.15) is 17.3 Å². The number of nitrogens with one attached hydrogen (secondary N) is 1. The Bertz CT molecular complexity index is 578. The van der Waals surface area contributed by atoms with Crippen LogP contribution in [0.1, 0.15) is 39.2 Å². The van der Waals surface area contributed by atoms with Gasteiger partial charge in [-0.15, -0.1) is 0 Å². The minimum atomic E-state index is -0.485. The van der Waals surface area contributed by atoms with Gasteiger partial charge in [0.05, 0.1) is 0 Å². The topological polar surface area (TPSA) is 47.6 Å².